The molecule has 0 aliphatic heterocycles. The first-order valence-corrected chi connectivity index (χ1v) is 8.66. The second-order valence-electron chi connectivity index (χ2n) is 6.29. The van der Waals surface area contributed by atoms with Gasteiger partial charge in [-0.25, -0.2) is 4.68 Å². The van der Waals surface area contributed by atoms with Crippen molar-refractivity contribution in [2.45, 2.75) is 63.4 Å². The molecule has 1 heterocycles. The van der Waals surface area contributed by atoms with Crippen molar-refractivity contribution in [3.05, 3.63) is 0 Å². The molecular formula is C14H27N5S. The number of rotatable bonds is 7. The van der Waals surface area contributed by atoms with Crippen LogP contribution in [-0.4, -0.2) is 38.5 Å². The highest BCUT2D eigenvalue weighted by molar-refractivity contribution is 7.99. The molecule has 2 atom stereocenters. The van der Waals surface area contributed by atoms with Gasteiger partial charge in [-0.3, -0.25) is 0 Å². The van der Waals surface area contributed by atoms with E-state index >= 15 is 0 Å². The lowest BCUT2D eigenvalue weighted by atomic mass is 9.91. The van der Waals surface area contributed by atoms with Crippen LogP contribution >= 0.6 is 11.8 Å². The Morgan fingerprint density at radius 2 is 2.25 bits per heavy atom. The van der Waals surface area contributed by atoms with Crippen LogP contribution in [0.5, 0.6) is 0 Å². The van der Waals surface area contributed by atoms with E-state index in [0.29, 0.717) is 11.2 Å². The van der Waals surface area contributed by atoms with E-state index in [1.807, 2.05) is 16.4 Å². The van der Waals surface area contributed by atoms with E-state index < -0.39 is 0 Å². The highest BCUT2D eigenvalue weighted by atomic mass is 32.2. The third-order valence-electron chi connectivity index (χ3n) is 3.71. The van der Waals surface area contributed by atoms with Crippen molar-refractivity contribution in [2.75, 3.05) is 13.1 Å². The Morgan fingerprint density at radius 1 is 1.40 bits per heavy atom. The minimum atomic E-state index is 0.682. The number of nitrogens with zero attached hydrogens (tertiary/aromatic N) is 4. The topological polar surface area (TPSA) is 55.6 Å². The van der Waals surface area contributed by atoms with Gasteiger partial charge >= 0.3 is 0 Å². The van der Waals surface area contributed by atoms with Gasteiger partial charge in [0.15, 0.2) is 0 Å². The summed E-state index contributed by atoms with van der Waals surface area (Å²) in [6.45, 7) is 9.61. The first-order valence-electron chi connectivity index (χ1n) is 7.78. The number of aromatic nitrogens is 4. The van der Waals surface area contributed by atoms with Gasteiger partial charge in [-0.15, -0.1) is 5.10 Å². The van der Waals surface area contributed by atoms with Gasteiger partial charge in [0.05, 0.1) is 6.54 Å². The predicted octanol–water partition coefficient (Wildman–Crippen LogP) is 2.59. The molecule has 1 N–H and O–H groups in total. The lowest BCUT2D eigenvalue weighted by Gasteiger charge is -2.25. The van der Waals surface area contributed by atoms with Crippen LogP contribution < -0.4 is 5.32 Å². The molecule has 0 saturated heterocycles. The predicted molar refractivity (Wildman–Crippen MR) is 82.8 cm³/mol. The molecule has 6 heteroatoms. The maximum absolute atomic E-state index is 4.19. The van der Waals surface area contributed by atoms with Crippen LogP contribution in [0.15, 0.2) is 5.16 Å². The van der Waals surface area contributed by atoms with Gasteiger partial charge in [-0.05, 0) is 41.6 Å². The molecule has 1 aromatic rings. The van der Waals surface area contributed by atoms with E-state index in [2.05, 4.69) is 41.6 Å². The van der Waals surface area contributed by atoms with Crippen molar-refractivity contribution in [1.82, 2.24) is 25.5 Å². The van der Waals surface area contributed by atoms with Crippen LogP contribution in [0.3, 0.4) is 0 Å². The Balaban J connectivity index is 1.79. The molecule has 1 aromatic heterocycles. The summed E-state index contributed by atoms with van der Waals surface area (Å²) in [5, 5.41) is 17.2. The average Bonchev–Trinajstić information content (AvgIpc) is 2.82. The normalized spacial score (nSPS) is 23.4. The monoisotopic (exact) mass is 297 g/mol. The van der Waals surface area contributed by atoms with E-state index in [9.17, 15) is 0 Å². The van der Waals surface area contributed by atoms with Crippen LogP contribution in [0.25, 0.3) is 0 Å². The highest BCUT2D eigenvalue weighted by Gasteiger charge is 2.22. The molecule has 114 valence electrons. The van der Waals surface area contributed by atoms with Crippen LogP contribution in [0, 0.1) is 11.8 Å². The molecule has 20 heavy (non-hydrogen) atoms. The third-order valence-corrected chi connectivity index (χ3v) is 4.98. The molecule has 0 bridgehead atoms. The SMILES string of the molecule is CC(C)CNCCn1nnnc1SC1CCCC(C)C1. The molecule has 2 unspecified atom stereocenters. The molecule has 1 saturated carbocycles. The minimum absolute atomic E-state index is 0.682. The summed E-state index contributed by atoms with van der Waals surface area (Å²) in [7, 11) is 0. The smallest absolute Gasteiger partial charge is 0.209 e. The summed E-state index contributed by atoms with van der Waals surface area (Å²) < 4.78 is 1.94. The molecule has 5 nitrogen and oxygen atoms in total. The highest BCUT2D eigenvalue weighted by Crippen LogP contribution is 2.34. The first kappa shape index (κ1) is 15.8. The Morgan fingerprint density at radius 3 is 3.00 bits per heavy atom. The largest absolute Gasteiger partial charge is 0.315 e. The fourth-order valence-electron chi connectivity index (χ4n) is 2.63. The summed E-state index contributed by atoms with van der Waals surface area (Å²) in [6, 6.07) is 0. The average molecular weight is 297 g/mol. The number of nitrogens with one attached hydrogen (secondary N) is 1. The summed E-state index contributed by atoms with van der Waals surface area (Å²) in [5.41, 5.74) is 0. The fourth-order valence-corrected chi connectivity index (χ4v) is 3.97. The number of thioether (sulfide) groups is 1. The van der Waals surface area contributed by atoms with Gasteiger partial charge in [-0.2, -0.15) is 0 Å². The number of hydrogen-bond acceptors (Lipinski definition) is 5. The molecule has 1 aliphatic carbocycles. The Bertz CT molecular complexity index is 393. The number of hydrogen-bond donors (Lipinski definition) is 1. The molecule has 0 aromatic carbocycles. The lowest BCUT2D eigenvalue weighted by molar-refractivity contribution is 0.393. The molecule has 0 radical (unpaired) electrons. The first-order chi connectivity index (χ1) is 9.65. The standard InChI is InChI=1S/C14H27N5S/c1-11(2)10-15-7-8-19-14(16-17-18-19)20-13-6-4-5-12(3)9-13/h11-13,15H,4-10H2,1-3H3. The lowest BCUT2D eigenvalue weighted by Crippen LogP contribution is -2.25. The quantitative estimate of drug-likeness (QED) is 0.784. The van der Waals surface area contributed by atoms with Gasteiger partial charge in [0.1, 0.15) is 0 Å². The van der Waals surface area contributed by atoms with E-state index in [-0.39, 0.29) is 0 Å². The molecular weight excluding hydrogens is 270 g/mol. The van der Waals surface area contributed by atoms with Crippen molar-refractivity contribution in [2.24, 2.45) is 11.8 Å². The van der Waals surface area contributed by atoms with Gasteiger partial charge in [-0.1, -0.05) is 45.4 Å². The van der Waals surface area contributed by atoms with Gasteiger partial charge < -0.3 is 5.32 Å². The Kier molecular flexibility index (Phi) is 6.29. The van der Waals surface area contributed by atoms with E-state index in [0.717, 1.165) is 30.7 Å². The Hall–Kier alpha value is -0.620. The van der Waals surface area contributed by atoms with Crippen molar-refractivity contribution in [3.63, 3.8) is 0 Å². The van der Waals surface area contributed by atoms with Crippen LogP contribution in [0.2, 0.25) is 0 Å². The zero-order valence-electron chi connectivity index (χ0n) is 12.9. The molecule has 0 amide bonds. The molecule has 1 aliphatic rings. The molecule has 2 rings (SSSR count). The van der Waals surface area contributed by atoms with Crippen molar-refractivity contribution in [1.29, 1.82) is 0 Å². The van der Waals surface area contributed by atoms with Crippen LogP contribution in [0.4, 0.5) is 0 Å². The van der Waals surface area contributed by atoms with Crippen molar-refractivity contribution >= 4 is 11.8 Å². The van der Waals surface area contributed by atoms with E-state index in [1.54, 1.807) is 0 Å². The third kappa shape index (κ3) is 5.05. The van der Waals surface area contributed by atoms with Crippen molar-refractivity contribution < 1.29 is 0 Å². The second-order valence-corrected chi connectivity index (χ2v) is 7.56. The maximum Gasteiger partial charge on any atom is 0.209 e. The van der Waals surface area contributed by atoms with Gasteiger partial charge in [0.2, 0.25) is 5.16 Å². The van der Waals surface area contributed by atoms with Gasteiger partial charge in [0.25, 0.3) is 0 Å². The maximum atomic E-state index is 4.19. The van der Waals surface area contributed by atoms with Crippen molar-refractivity contribution in [3.8, 4) is 0 Å². The van der Waals surface area contributed by atoms with Gasteiger partial charge in [0, 0.05) is 11.8 Å². The Labute approximate surface area is 126 Å². The molecule has 0 spiro atoms. The second kappa shape index (κ2) is 7.98. The van der Waals surface area contributed by atoms with Crippen LogP contribution in [0.1, 0.15) is 46.5 Å². The molecule has 1 fully saturated rings. The van der Waals surface area contributed by atoms with E-state index in [1.165, 1.54) is 25.7 Å². The zero-order chi connectivity index (χ0) is 14.4. The van der Waals surface area contributed by atoms with Crippen LogP contribution in [-0.2, 0) is 6.54 Å². The summed E-state index contributed by atoms with van der Waals surface area (Å²) in [5.74, 6) is 1.53. The minimum Gasteiger partial charge on any atom is -0.315 e. The zero-order valence-corrected chi connectivity index (χ0v) is 13.7. The van der Waals surface area contributed by atoms with E-state index in [4.69, 9.17) is 0 Å². The summed E-state index contributed by atoms with van der Waals surface area (Å²) >= 11 is 1.86. The number of tetrazole rings is 1. The summed E-state index contributed by atoms with van der Waals surface area (Å²) in [6.07, 6.45) is 5.31. The summed E-state index contributed by atoms with van der Waals surface area (Å²) in [4.78, 5) is 0. The fraction of sp³-hybridized carbons (Fsp3) is 0.929.